The van der Waals surface area contributed by atoms with Crippen LogP contribution in [-0.4, -0.2) is 26.8 Å². The van der Waals surface area contributed by atoms with Crippen LogP contribution < -0.4 is 14.8 Å². The summed E-state index contributed by atoms with van der Waals surface area (Å²) in [7, 11) is 1.64. The van der Waals surface area contributed by atoms with Gasteiger partial charge in [0, 0.05) is 6.54 Å². The number of hydrogen-bond acceptors (Lipinski definition) is 3. The van der Waals surface area contributed by atoms with Gasteiger partial charge in [-0.1, -0.05) is 31.2 Å². The van der Waals surface area contributed by atoms with Gasteiger partial charge in [-0.25, -0.2) is 0 Å². The van der Waals surface area contributed by atoms with E-state index in [1.165, 1.54) is 0 Å². The molecule has 0 radical (unpaired) electrons. The second-order valence-electron chi connectivity index (χ2n) is 3.24. The molecule has 3 nitrogen and oxygen atoms in total. The molecule has 0 atom stereocenters. The Balaban J connectivity index is 0.00000256. The third-order valence-corrected chi connectivity index (χ3v) is 2.08. The standard InChI is InChI=1S/C13H19NO2.ClH/c1-3-14-10-6-7-11-16-13-9-5-4-8-12(13)15-2;/h4-9,14H,3,10-11H2,1-2H3;1H. The van der Waals surface area contributed by atoms with Crippen LogP contribution in [0.4, 0.5) is 0 Å². The number of methoxy groups -OCH3 is 1. The summed E-state index contributed by atoms with van der Waals surface area (Å²) in [6.07, 6.45) is 4.05. The van der Waals surface area contributed by atoms with Crippen molar-refractivity contribution >= 4 is 12.4 Å². The van der Waals surface area contributed by atoms with Crippen LogP contribution in [0.3, 0.4) is 0 Å². The number of rotatable bonds is 7. The van der Waals surface area contributed by atoms with Gasteiger partial charge in [-0.2, -0.15) is 0 Å². The van der Waals surface area contributed by atoms with Crippen molar-refractivity contribution in [2.75, 3.05) is 26.8 Å². The van der Waals surface area contributed by atoms with Crippen molar-refractivity contribution in [3.05, 3.63) is 36.4 Å². The topological polar surface area (TPSA) is 30.5 Å². The number of benzene rings is 1. The average Bonchev–Trinajstić information content (AvgIpc) is 2.34. The van der Waals surface area contributed by atoms with E-state index >= 15 is 0 Å². The molecule has 0 aliphatic heterocycles. The first kappa shape index (κ1) is 15.8. The third-order valence-electron chi connectivity index (χ3n) is 2.08. The molecule has 1 rings (SSSR count). The van der Waals surface area contributed by atoms with Crippen molar-refractivity contribution in [2.24, 2.45) is 0 Å². The Kier molecular flexibility index (Phi) is 9.30. The molecular formula is C13H20ClNO2. The fourth-order valence-corrected chi connectivity index (χ4v) is 1.25. The number of hydrogen-bond donors (Lipinski definition) is 1. The molecule has 0 aliphatic rings. The molecule has 0 saturated heterocycles. The van der Waals surface area contributed by atoms with E-state index in [1.54, 1.807) is 7.11 Å². The fourth-order valence-electron chi connectivity index (χ4n) is 1.25. The first-order chi connectivity index (χ1) is 7.88. The van der Waals surface area contributed by atoms with E-state index < -0.39 is 0 Å². The Bertz CT molecular complexity index is 329. The Morgan fingerprint density at radius 3 is 2.53 bits per heavy atom. The maximum Gasteiger partial charge on any atom is 0.161 e. The van der Waals surface area contributed by atoms with E-state index in [4.69, 9.17) is 9.47 Å². The minimum absolute atomic E-state index is 0. The van der Waals surface area contributed by atoms with E-state index in [0.29, 0.717) is 6.61 Å². The van der Waals surface area contributed by atoms with E-state index in [2.05, 4.69) is 18.3 Å². The van der Waals surface area contributed by atoms with E-state index in [1.807, 2.05) is 30.3 Å². The van der Waals surface area contributed by atoms with Crippen molar-refractivity contribution in [3.63, 3.8) is 0 Å². The van der Waals surface area contributed by atoms with Crippen molar-refractivity contribution < 1.29 is 9.47 Å². The fraction of sp³-hybridized carbons (Fsp3) is 0.385. The van der Waals surface area contributed by atoms with E-state index in [0.717, 1.165) is 24.6 Å². The lowest BCUT2D eigenvalue weighted by atomic mass is 10.3. The molecule has 0 aliphatic carbocycles. The summed E-state index contributed by atoms with van der Waals surface area (Å²) in [5, 5.41) is 3.20. The molecule has 0 unspecified atom stereocenters. The molecule has 0 saturated carbocycles. The van der Waals surface area contributed by atoms with Gasteiger partial charge in [-0.15, -0.1) is 12.4 Å². The maximum absolute atomic E-state index is 5.57. The molecule has 1 aromatic carbocycles. The van der Waals surface area contributed by atoms with Gasteiger partial charge in [-0.05, 0) is 18.7 Å². The van der Waals surface area contributed by atoms with Gasteiger partial charge in [0.2, 0.25) is 0 Å². The monoisotopic (exact) mass is 257 g/mol. The molecule has 0 heterocycles. The molecule has 1 aromatic rings. The summed E-state index contributed by atoms with van der Waals surface area (Å²) in [6, 6.07) is 7.64. The first-order valence-corrected chi connectivity index (χ1v) is 5.50. The normalized spacial score (nSPS) is 10.0. The van der Waals surface area contributed by atoms with Gasteiger partial charge >= 0.3 is 0 Å². The zero-order valence-corrected chi connectivity index (χ0v) is 11.1. The van der Waals surface area contributed by atoms with Crippen LogP contribution in [0, 0.1) is 0 Å². The highest BCUT2D eigenvalue weighted by Gasteiger charge is 1.99. The lowest BCUT2D eigenvalue weighted by Gasteiger charge is -2.08. The Morgan fingerprint density at radius 2 is 1.88 bits per heavy atom. The zero-order chi connectivity index (χ0) is 11.6. The molecule has 1 N–H and O–H groups in total. The number of halogens is 1. The molecule has 96 valence electrons. The van der Waals surface area contributed by atoms with Gasteiger partial charge < -0.3 is 14.8 Å². The van der Waals surface area contributed by atoms with Crippen molar-refractivity contribution in [1.29, 1.82) is 0 Å². The van der Waals surface area contributed by atoms with Gasteiger partial charge in [0.05, 0.1) is 7.11 Å². The highest BCUT2D eigenvalue weighted by Crippen LogP contribution is 2.25. The second kappa shape index (κ2) is 10.00. The van der Waals surface area contributed by atoms with Crippen LogP contribution in [0.5, 0.6) is 11.5 Å². The van der Waals surface area contributed by atoms with Gasteiger partial charge in [-0.3, -0.25) is 0 Å². The SMILES string of the molecule is CCNCC=CCOc1ccccc1OC.Cl. The Morgan fingerprint density at radius 1 is 1.18 bits per heavy atom. The van der Waals surface area contributed by atoms with E-state index in [9.17, 15) is 0 Å². The minimum Gasteiger partial charge on any atom is -0.493 e. The van der Waals surface area contributed by atoms with Crippen LogP contribution in [0.2, 0.25) is 0 Å². The highest BCUT2D eigenvalue weighted by atomic mass is 35.5. The smallest absolute Gasteiger partial charge is 0.161 e. The lowest BCUT2D eigenvalue weighted by Crippen LogP contribution is -2.11. The molecule has 4 heteroatoms. The summed E-state index contributed by atoms with van der Waals surface area (Å²) in [6.45, 7) is 4.51. The van der Waals surface area contributed by atoms with Gasteiger partial charge in [0.15, 0.2) is 11.5 Å². The molecule has 0 spiro atoms. The summed E-state index contributed by atoms with van der Waals surface area (Å²) in [5.74, 6) is 1.54. The largest absolute Gasteiger partial charge is 0.493 e. The number of likely N-dealkylation sites (N-methyl/N-ethyl adjacent to an activating group) is 1. The maximum atomic E-state index is 5.57. The number of nitrogens with one attached hydrogen (secondary N) is 1. The molecule has 17 heavy (non-hydrogen) atoms. The highest BCUT2D eigenvalue weighted by molar-refractivity contribution is 5.85. The Labute approximate surface area is 109 Å². The molecule has 0 amide bonds. The first-order valence-electron chi connectivity index (χ1n) is 5.50. The lowest BCUT2D eigenvalue weighted by molar-refractivity contribution is 0.326. The summed E-state index contributed by atoms with van der Waals surface area (Å²) < 4.78 is 10.7. The third kappa shape index (κ3) is 6.19. The molecule has 0 bridgehead atoms. The average molecular weight is 258 g/mol. The molecule has 0 fully saturated rings. The zero-order valence-electron chi connectivity index (χ0n) is 10.3. The van der Waals surface area contributed by atoms with Crippen molar-refractivity contribution in [3.8, 4) is 11.5 Å². The summed E-state index contributed by atoms with van der Waals surface area (Å²) >= 11 is 0. The summed E-state index contributed by atoms with van der Waals surface area (Å²) in [5.41, 5.74) is 0. The quantitative estimate of drug-likeness (QED) is 0.602. The number of ether oxygens (including phenoxy) is 2. The minimum atomic E-state index is 0. The molecule has 0 aromatic heterocycles. The van der Waals surface area contributed by atoms with E-state index in [-0.39, 0.29) is 12.4 Å². The van der Waals surface area contributed by atoms with Gasteiger partial charge in [0.25, 0.3) is 0 Å². The predicted molar refractivity (Wildman–Crippen MR) is 73.4 cm³/mol. The van der Waals surface area contributed by atoms with Crippen LogP contribution >= 0.6 is 12.4 Å². The number of para-hydroxylation sites is 2. The van der Waals surface area contributed by atoms with Gasteiger partial charge in [0.1, 0.15) is 6.61 Å². The van der Waals surface area contributed by atoms with Crippen LogP contribution in [-0.2, 0) is 0 Å². The Hall–Kier alpha value is -1.19. The van der Waals surface area contributed by atoms with Crippen LogP contribution in [0.1, 0.15) is 6.92 Å². The van der Waals surface area contributed by atoms with Crippen molar-refractivity contribution in [2.45, 2.75) is 6.92 Å². The predicted octanol–water partition coefficient (Wildman–Crippen LogP) is 2.66. The van der Waals surface area contributed by atoms with Crippen LogP contribution in [0.25, 0.3) is 0 Å². The second-order valence-corrected chi connectivity index (χ2v) is 3.24. The summed E-state index contributed by atoms with van der Waals surface area (Å²) in [4.78, 5) is 0. The van der Waals surface area contributed by atoms with Crippen LogP contribution in [0.15, 0.2) is 36.4 Å². The molecular weight excluding hydrogens is 238 g/mol. The van der Waals surface area contributed by atoms with Crippen molar-refractivity contribution in [1.82, 2.24) is 5.32 Å².